The van der Waals surface area contributed by atoms with Gasteiger partial charge in [0.1, 0.15) is 23.7 Å². The van der Waals surface area contributed by atoms with Crippen LogP contribution in [-0.4, -0.2) is 18.1 Å². The zero-order chi connectivity index (χ0) is 22.6. The quantitative estimate of drug-likeness (QED) is 0.517. The zero-order valence-corrected chi connectivity index (χ0v) is 18.9. The Morgan fingerprint density at radius 1 is 0.969 bits per heavy atom. The number of carbonyl (C=O) groups excluding carboxylic acids is 1. The van der Waals surface area contributed by atoms with Gasteiger partial charge in [0.2, 0.25) is 0 Å². The van der Waals surface area contributed by atoms with Crippen molar-refractivity contribution in [2.75, 3.05) is 6.54 Å². The number of benzene rings is 3. The highest BCUT2D eigenvalue weighted by atomic mass is 16.5. The molecule has 1 heterocycles. The summed E-state index contributed by atoms with van der Waals surface area (Å²) in [7, 11) is 0. The third-order valence-electron chi connectivity index (χ3n) is 5.83. The van der Waals surface area contributed by atoms with E-state index in [1.54, 1.807) is 0 Å². The summed E-state index contributed by atoms with van der Waals surface area (Å²) in [5, 5.41) is 3.01. The van der Waals surface area contributed by atoms with Crippen LogP contribution in [0.4, 0.5) is 0 Å². The van der Waals surface area contributed by atoms with E-state index in [0.29, 0.717) is 18.7 Å². The Hall–Kier alpha value is -3.53. The van der Waals surface area contributed by atoms with E-state index in [1.807, 2.05) is 93.6 Å². The van der Waals surface area contributed by atoms with Crippen molar-refractivity contribution in [1.29, 1.82) is 0 Å². The Kier molecular flexibility index (Phi) is 6.31. The molecule has 4 rings (SSSR count). The number of nitrogens with one attached hydrogen (secondary N) is 1. The molecule has 32 heavy (non-hydrogen) atoms. The Balaban J connectivity index is 1.28. The van der Waals surface area contributed by atoms with E-state index in [4.69, 9.17) is 9.47 Å². The lowest BCUT2D eigenvalue weighted by Gasteiger charge is -2.32. The van der Waals surface area contributed by atoms with Crippen LogP contribution in [-0.2, 0) is 13.0 Å². The molecule has 3 aromatic carbocycles. The predicted molar refractivity (Wildman–Crippen MR) is 128 cm³/mol. The second-order valence-corrected chi connectivity index (χ2v) is 8.62. The molecular formula is C28H29NO3. The van der Waals surface area contributed by atoms with Crippen molar-refractivity contribution in [3.05, 3.63) is 101 Å². The fraction of sp³-hybridized carbons (Fsp3) is 0.250. The summed E-state index contributed by atoms with van der Waals surface area (Å²) in [6, 6.07) is 23.7. The van der Waals surface area contributed by atoms with Crippen molar-refractivity contribution >= 4 is 12.0 Å². The van der Waals surface area contributed by atoms with Crippen molar-refractivity contribution in [1.82, 2.24) is 5.32 Å². The first-order valence-electron chi connectivity index (χ1n) is 11.0. The number of hydrogen-bond donors (Lipinski definition) is 1. The Morgan fingerprint density at radius 3 is 2.47 bits per heavy atom. The number of amides is 1. The fourth-order valence-electron chi connectivity index (χ4n) is 3.57. The molecule has 0 atom stereocenters. The van der Waals surface area contributed by atoms with Crippen molar-refractivity contribution in [3.8, 4) is 11.5 Å². The lowest BCUT2D eigenvalue weighted by atomic mass is 9.93. The number of carbonyl (C=O) groups is 1. The standard InChI is InChI=1S/C28H29NO3/c1-20-17-24-18-23(11-14-26(24)32-28(20,2)3)27(30)29-16-15-21-9-12-25(13-10-21)31-19-22-7-5-4-6-8-22/h4-14,17-18H,15-16,19H2,1-3H3,(H,29,30). The molecule has 0 unspecified atom stereocenters. The maximum Gasteiger partial charge on any atom is 0.251 e. The van der Waals surface area contributed by atoms with Gasteiger partial charge >= 0.3 is 0 Å². The molecular weight excluding hydrogens is 398 g/mol. The van der Waals surface area contributed by atoms with E-state index in [0.717, 1.165) is 40.2 Å². The smallest absolute Gasteiger partial charge is 0.251 e. The number of ether oxygens (including phenoxy) is 2. The highest BCUT2D eigenvalue weighted by Crippen LogP contribution is 2.35. The average molecular weight is 428 g/mol. The first kappa shape index (κ1) is 21.7. The van der Waals surface area contributed by atoms with E-state index in [-0.39, 0.29) is 11.5 Å². The highest BCUT2D eigenvalue weighted by molar-refractivity contribution is 5.95. The summed E-state index contributed by atoms with van der Waals surface area (Å²) in [6.45, 7) is 7.26. The second-order valence-electron chi connectivity index (χ2n) is 8.62. The van der Waals surface area contributed by atoms with Gasteiger partial charge in [-0.25, -0.2) is 0 Å². The van der Waals surface area contributed by atoms with E-state index in [1.165, 1.54) is 0 Å². The van der Waals surface area contributed by atoms with Gasteiger partial charge in [-0.05, 0) is 80.3 Å². The fourth-order valence-corrected chi connectivity index (χ4v) is 3.57. The van der Waals surface area contributed by atoms with Crippen LogP contribution in [0.25, 0.3) is 6.08 Å². The number of hydrogen-bond acceptors (Lipinski definition) is 3. The monoisotopic (exact) mass is 427 g/mol. The molecule has 1 aliphatic heterocycles. The molecule has 4 heteroatoms. The Labute approximate surface area is 189 Å². The minimum absolute atomic E-state index is 0.0773. The first-order chi connectivity index (χ1) is 15.4. The number of fused-ring (bicyclic) bond motifs is 1. The summed E-state index contributed by atoms with van der Waals surface area (Å²) in [6.07, 6.45) is 2.85. The van der Waals surface area contributed by atoms with Gasteiger partial charge in [0.25, 0.3) is 5.91 Å². The van der Waals surface area contributed by atoms with Crippen LogP contribution in [0.5, 0.6) is 11.5 Å². The molecule has 3 aromatic rings. The predicted octanol–water partition coefficient (Wildman–Crippen LogP) is 5.81. The second kappa shape index (κ2) is 9.31. The summed E-state index contributed by atoms with van der Waals surface area (Å²) < 4.78 is 11.9. The van der Waals surface area contributed by atoms with Crippen molar-refractivity contribution in [2.45, 2.75) is 39.4 Å². The molecule has 0 spiro atoms. The number of rotatable bonds is 7. The first-order valence-corrected chi connectivity index (χ1v) is 11.0. The van der Waals surface area contributed by atoms with Crippen LogP contribution in [0.3, 0.4) is 0 Å². The van der Waals surface area contributed by atoms with Crippen LogP contribution in [0.15, 0.2) is 78.4 Å². The topological polar surface area (TPSA) is 47.6 Å². The molecule has 1 N–H and O–H groups in total. The maximum atomic E-state index is 12.6. The van der Waals surface area contributed by atoms with Gasteiger partial charge in [0, 0.05) is 17.7 Å². The van der Waals surface area contributed by atoms with E-state index < -0.39 is 0 Å². The van der Waals surface area contributed by atoms with Gasteiger partial charge < -0.3 is 14.8 Å². The molecule has 164 valence electrons. The van der Waals surface area contributed by atoms with Crippen LogP contribution in [0, 0.1) is 0 Å². The van der Waals surface area contributed by atoms with Crippen molar-refractivity contribution in [3.63, 3.8) is 0 Å². The van der Waals surface area contributed by atoms with Gasteiger partial charge in [0.05, 0.1) is 0 Å². The lowest BCUT2D eigenvalue weighted by Crippen LogP contribution is -2.32. The van der Waals surface area contributed by atoms with Crippen molar-refractivity contribution < 1.29 is 14.3 Å². The van der Waals surface area contributed by atoms with Crippen LogP contribution < -0.4 is 14.8 Å². The molecule has 0 saturated carbocycles. The molecule has 4 nitrogen and oxygen atoms in total. The van der Waals surface area contributed by atoms with Crippen LogP contribution >= 0.6 is 0 Å². The van der Waals surface area contributed by atoms with Gasteiger partial charge in [-0.1, -0.05) is 42.5 Å². The van der Waals surface area contributed by atoms with Gasteiger partial charge in [-0.15, -0.1) is 0 Å². The minimum atomic E-state index is -0.321. The van der Waals surface area contributed by atoms with E-state index >= 15 is 0 Å². The Bertz CT molecular complexity index is 1120. The summed E-state index contributed by atoms with van der Waals surface area (Å²) >= 11 is 0. The van der Waals surface area contributed by atoms with Crippen LogP contribution in [0.2, 0.25) is 0 Å². The molecule has 0 aliphatic carbocycles. The van der Waals surface area contributed by atoms with Gasteiger partial charge in [0.15, 0.2) is 0 Å². The highest BCUT2D eigenvalue weighted by Gasteiger charge is 2.27. The normalized spacial score (nSPS) is 14.0. The third kappa shape index (κ3) is 5.20. The summed E-state index contributed by atoms with van der Waals surface area (Å²) in [5.74, 6) is 1.57. The SMILES string of the molecule is CC1=Cc2cc(C(=O)NCCc3ccc(OCc4ccccc4)cc3)ccc2OC1(C)C. The molecule has 0 saturated heterocycles. The van der Waals surface area contributed by atoms with E-state index in [2.05, 4.69) is 11.4 Å². The molecule has 0 fully saturated rings. The lowest BCUT2D eigenvalue weighted by molar-refractivity contribution is 0.0954. The molecule has 0 bridgehead atoms. The Morgan fingerprint density at radius 2 is 1.72 bits per heavy atom. The maximum absolute atomic E-state index is 12.6. The van der Waals surface area contributed by atoms with E-state index in [9.17, 15) is 4.79 Å². The minimum Gasteiger partial charge on any atom is -0.489 e. The average Bonchev–Trinajstić information content (AvgIpc) is 2.79. The van der Waals surface area contributed by atoms with Gasteiger partial charge in [-0.3, -0.25) is 4.79 Å². The molecule has 1 aliphatic rings. The summed E-state index contributed by atoms with van der Waals surface area (Å²) in [5.41, 5.74) is 4.69. The molecule has 0 aromatic heterocycles. The van der Waals surface area contributed by atoms with Gasteiger partial charge in [-0.2, -0.15) is 0 Å². The van der Waals surface area contributed by atoms with Crippen molar-refractivity contribution in [2.24, 2.45) is 0 Å². The van der Waals surface area contributed by atoms with Crippen LogP contribution in [0.1, 0.15) is 47.8 Å². The molecule has 1 amide bonds. The summed E-state index contributed by atoms with van der Waals surface area (Å²) in [4.78, 5) is 12.6. The molecule has 0 radical (unpaired) electrons. The zero-order valence-electron chi connectivity index (χ0n) is 18.9. The largest absolute Gasteiger partial charge is 0.489 e. The third-order valence-corrected chi connectivity index (χ3v) is 5.83.